The van der Waals surface area contributed by atoms with E-state index in [1.807, 2.05) is 0 Å². The molecule has 0 spiro atoms. The average Bonchev–Trinajstić information content (AvgIpc) is 2.46. The van der Waals surface area contributed by atoms with Gasteiger partial charge in [0.25, 0.3) is 5.91 Å². The Kier molecular flexibility index (Phi) is 4.16. The first kappa shape index (κ1) is 13.5. The van der Waals surface area contributed by atoms with E-state index in [0.717, 1.165) is 0 Å². The molecule has 2 heterocycles. The Bertz CT molecular complexity index is 504. The quantitative estimate of drug-likeness (QED) is 0.807. The van der Waals surface area contributed by atoms with Crippen molar-refractivity contribution >= 4 is 17.5 Å². The van der Waals surface area contributed by atoms with Crippen LogP contribution in [-0.2, 0) is 0 Å². The summed E-state index contributed by atoms with van der Waals surface area (Å²) in [5.74, 6) is -0.255. The molecule has 1 aromatic rings. The second kappa shape index (κ2) is 5.83. The minimum Gasteiger partial charge on any atom is -0.388 e. The van der Waals surface area contributed by atoms with E-state index in [-0.39, 0.29) is 16.8 Å². The van der Waals surface area contributed by atoms with Gasteiger partial charge in [-0.2, -0.15) is 0 Å². The fraction of sp³-hybridized carbons (Fsp3) is 0.364. The predicted octanol–water partition coefficient (Wildman–Crippen LogP) is 0.881. The Labute approximate surface area is 114 Å². The van der Waals surface area contributed by atoms with Crippen LogP contribution in [0.2, 0.25) is 5.15 Å². The van der Waals surface area contributed by atoms with Crippen LogP contribution in [0.25, 0.3) is 0 Å². The van der Waals surface area contributed by atoms with Crippen LogP contribution in [0.3, 0.4) is 0 Å². The molecule has 0 saturated carbocycles. The van der Waals surface area contributed by atoms with Gasteiger partial charge < -0.3 is 10.2 Å². The first-order valence-corrected chi connectivity index (χ1v) is 6.06. The molecule has 0 fully saturated rings. The third-order valence-electron chi connectivity index (χ3n) is 2.89. The zero-order valence-electron chi connectivity index (χ0n) is 10.3. The maximum absolute atomic E-state index is 12.5. The number of halogens is 2. The Hall–Kier alpha value is -1.89. The molecule has 1 aliphatic heterocycles. The fourth-order valence-corrected chi connectivity index (χ4v) is 1.95. The van der Waals surface area contributed by atoms with Gasteiger partial charge in [-0.25, -0.2) is 15.5 Å². The number of nitrogens with one attached hydrogen (secondary N) is 2. The number of aromatic nitrogens is 2. The van der Waals surface area contributed by atoms with Gasteiger partial charge in [-0.05, 0) is 0 Å². The molecule has 0 atom stereocenters. The van der Waals surface area contributed by atoms with Crippen LogP contribution in [0.1, 0.15) is 16.9 Å². The van der Waals surface area contributed by atoms with Gasteiger partial charge in [-0.15, -0.1) is 4.48 Å². The van der Waals surface area contributed by atoms with Crippen molar-refractivity contribution in [1.82, 2.24) is 25.7 Å². The van der Waals surface area contributed by atoms with E-state index in [0.29, 0.717) is 30.9 Å². The number of carbonyl (C=O) groups is 1. The van der Waals surface area contributed by atoms with Gasteiger partial charge in [0, 0.05) is 20.0 Å². The summed E-state index contributed by atoms with van der Waals surface area (Å²) in [5.41, 5.74) is 2.97. The normalized spacial score (nSPS) is 15.4. The van der Waals surface area contributed by atoms with Crippen molar-refractivity contribution < 1.29 is 9.28 Å². The number of rotatable bonds is 3. The summed E-state index contributed by atoms with van der Waals surface area (Å²) in [7, 11) is 1.68. The third-order valence-corrected chi connectivity index (χ3v) is 3.08. The van der Waals surface area contributed by atoms with Crippen LogP contribution in [0, 0.1) is 0 Å². The van der Waals surface area contributed by atoms with Crippen LogP contribution in [0.5, 0.6) is 0 Å². The average molecular weight is 286 g/mol. The molecule has 102 valence electrons. The van der Waals surface area contributed by atoms with Crippen LogP contribution < -0.4 is 10.9 Å². The van der Waals surface area contributed by atoms with Crippen LogP contribution in [-0.4, -0.2) is 40.9 Å². The second-order valence-corrected chi connectivity index (χ2v) is 4.39. The van der Waals surface area contributed by atoms with Gasteiger partial charge in [0.2, 0.25) is 0 Å². The first-order chi connectivity index (χ1) is 9.15. The monoisotopic (exact) mass is 285 g/mol. The van der Waals surface area contributed by atoms with Crippen LogP contribution in [0.4, 0.5) is 4.48 Å². The maximum atomic E-state index is 12.5. The van der Waals surface area contributed by atoms with Crippen LogP contribution in [0.15, 0.2) is 23.8 Å². The molecular formula is C11H13ClFN5O. The summed E-state index contributed by atoms with van der Waals surface area (Å²) in [6.07, 6.45) is 3.07. The minimum atomic E-state index is -0.255. The highest BCUT2D eigenvalue weighted by molar-refractivity contribution is 6.29. The molecule has 1 amide bonds. The molecule has 1 aromatic heterocycles. The summed E-state index contributed by atoms with van der Waals surface area (Å²) in [6, 6.07) is 0. The molecule has 8 heteroatoms. The molecule has 2 rings (SSSR count). The van der Waals surface area contributed by atoms with Crippen molar-refractivity contribution in [3.8, 4) is 0 Å². The van der Waals surface area contributed by atoms with E-state index in [4.69, 9.17) is 11.6 Å². The van der Waals surface area contributed by atoms with Gasteiger partial charge >= 0.3 is 0 Å². The minimum absolute atomic E-state index is 0.219. The first-order valence-electron chi connectivity index (χ1n) is 5.69. The van der Waals surface area contributed by atoms with E-state index < -0.39 is 0 Å². The second-order valence-electron chi connectivity index (χ2n) is 4.00. The van der Waals surface area contributed by atoms with Crippen molar-refractivity contribution in [2.24, 2.45) is 0 Å². The van der Waals surface area contributed by atoms with E-state index in [2.05, 4.69) is 15.3 Å². The molecule has 1 aliphatic rings. The van der Waals surface area contributed by atoms with Crippen molar-refractivity contribution in [3.05, 3.63) is 34.6 Å². The number of hydrogen-bond acceptors (Lipinski definition) is 5. The van der Waals surface area contributed by atoms with Gasteiger partial charge in [-0.3, -0.25) is 4.79 Å². The lowest BCUT2D eigenvalue weighted by molar-refractivity contribution is 0.0750. The highest BCUT2D eigenvalue weighted by Crippen LogP contribution is 2.16. The lowest BCUT2D eigenvalue weighted by atomic mass is 10.1. The Morgan fingerprint density at radius 2 is 2.21 bits per heavy atom. The summed E-state index contributed by atoms with van der Waals surface area (Å²) >= 11 is 5.62. The van der Waals surface area contributed by atoms with E-state index in [1.165, 1.54) is 12.4 Å². The van der Waals surface area contributed by atoms with Gasteiger partial charge in [0.15, 0.2) is 0 Å². The third kappa shape index (κ3) is 2.93. The molecule has 19 heavy (non-hydrogen) atoms. The predicted molar refractivity (Wildman–Crippen MR) is 67.9 cm³/mol. The molecule has 0 aromatic carbocycles. The van der Waals surface area contributed by atoms with E-state index >= 15 is 0 Å². The van der Waals surface area contributed by atoms with Crippen molar-refractivity contribution in [2.75, 3.05) is 20.1 Å². The summed E-state index contributed by atoms with van der Waals surface area (Å²) in [6.45, 7) is 0.715. The number of carbonyl (C=O) groups excluding carboxylic acids is 1. The smallest absolute Gasteiger partial charge is 0.274 e. The number of nitrogens with zero attached hydrogens (tertiary/aromatic N) is 3. The zero-order chi connectivity index (χ0) is 13.8. The molecule has 6 nitrogen and oxygen atoms in total. The fourth-order valence-electron chi connectivity index (χ4n) is 1.86. The van der Waals surface area contributed by atoms with Crippen LogP contribution >= 0.6 is 11.6 Å². The number of hydrogen-bond donors (Lipinski definition) is 2. The topological polar surface area (TPSA) is 70.2 Å². The van der Waals surface area contributed by atoms with E-state index in [9.17, 15) is 9.28 Å². The van der Waals surface area contributed by atoms with Crippen molar-refractivity contribution in [1.29, 1.82) is 0 Å². The molecule has 0 saturated heterocycles. The van der Waals surface area contributed by atoms with Gasteiger partial charge in [0.1, 0.15) is 10.8 Å². The summed E-state index contributed by atoms with van der Waals surface area (Å²) in [5, 5.41) is 3.11. The SMILES string of the molecule is CNC1=C(NF)CCN(C(=O)c2cnc(Cl)cn2)C1. The molecular weight excluding hydrogens is 273 g/mol. The molecule has 0 bridgehead atoms. The van der Waals surface area contributed by atoms with E-state index in [1.54, 1.807) is 17.5 Å². The standard InChI is InChI=1S/C11H13ClFN5O/c1-14-9-6-18(3-2-7(9)17-13)11(19)8-4-16-10(12)5-15-8/h4-5,14,17H,2-3,6H2,1H3. The largest absolute Gasteiger partial charge is 0.388 e. The summed E-state index contributed by atoms with van der Waals surface area (Å²) in [4.78, 5) is 21.5. The van der Waals surface area contributed by atoms with Crippen molar-refractivity contribution in [3.63, 3.8) is 0 Å². The summed E-state index contributed by atoms with van der Waals surface area (Å²) < 4.78 is 12.5. The molecule has 0 unspecified atom stereocenters. The highest BCUT2D eigenvalue weighted by atomic mass is 35.5. The molecule has 0 aliphatic carbocycles. The Morgan fingerprint density at radius 1 is 1.42 bits per heavy atom. The Balaban J connectivity index is 2.14. The molecule has 2 N–H and O–H groups in total. The highest BCUT2D eigenvalue weighted by Gasteiger charge is 2.24. The number of likely N-dealkylation sites (N-methyl/N-ethyl adjacent to an activating group) is 1. The van der Waals surface area contributed by atoms with Gasteiger partial charge in [-0.1, -0.05) is 11.6 Å². The van der Waals surface area contributed by atoms with Gasteiger partial charge in [0.05, 0.1) is 30.3 Å². The zero-order valence-corrected chi connectivity index (χ0v) is 11.0. The maximum Gasteiger partial charge on any atom is 0.274 e. The molecule has 0 radical (unpaired) electrons. The lowest BCUT2D eigenvalue weighted by Gasteiger charge is -2.29. The van der Waals surface area contributed by atoms with Crippen molar-refractivity contribution in [2.45, 2.75) is 6.42 Å². The lowest BCUT2D eigenvalue weighted by Crippen LogP contribution is -2.41. The number of amides is 1. The Morgan fingerprint density at radius 3 is 2.79 bits per heavy atom.